The van der Waals surface area contributed by atoms with E-state index in [9.17, 15) is 9.59 Å². The van der Waals surface area contributed by atoms with Gasteiger partial charge in [0.1, 0.15) is 17.2 Å². The molecule has 0 aliphatic heterocycles. The third-order valence-electron chi connectivity index (χ3n) is 6.57. The molecule has 2 aromatic rings. The number of anilines is 1. The van der Waals surface area contributed by atoms with Gasteiger partial charge >= 0.3 is 5.97 Å². The van der Waals surface area contributed by atoms with Crippen LogP contribution in [0, 0.1) is 0 Å². The fourth-order valence-electron chi connectivity index (χ4n) is 4.63. The van der Waals surface area contributed by atoms with Gasteiger partial charge in [-0.15, -0.1) is 0 Å². The highest BCUT2D eigenvalue weighted by atomic mass is 16.5. The first-order valence-corrected chi connectivity index (χ1v) is 13.7. The standard InChI is InChI=1S/C32H45NO6/c1-9-11-12-13-23(31-27(37-7)20-24(36-6)21-28(31)38-8)19-29(34)33-26-18-22(15-17-30(35)39-10-2)14-16-25(26)32(3,4)5/h14-18,20-21,23H,9-13,19H2,1-8H3,(H,33,34)/b17-15+. The van der Waals surface area contributed by atoms with Crippen LogP contribution >= 0.6 is 0 Å². The Balaban J connectivity index is 2.43. The smallest absolute Gasteiger partial charge is 0.330 e. The summed E-state index contributed by atoms with van der Waals surface area (Å²) in [5.74, 6) is 1.29. The SMILES string of the molecule is CCCCCC(CC(=O)Nc1cc(/C=C/C(=O)OCC)ccc1C(C)(C)C)c1c(OC)cc(OC)cc1OC. The zero-order chi connectivity index (χ0) is 29.0. The van der Waals surface area contributed by atoms with Crippen molar-refractivity contribution >= 4 is 23.6 Å². The molecule has 0 radical (unpaired) electrons. The molecule has 0 aliphatic carbocycles. The van der Waals surface area contributed by atoms with E-state index in [2.05, 4.69) is 33.0 Å². The summed E-state index contributed by atoms with van der Waals surface area (Å²) >= 11 is 0. The topological polar surface area (TPSA) is 83.1 Å². The minimum absolute atomic E-state index is 0.103. The fourth-order valence-corrected chi connectivity index (χ4v) is 4.63. The van der Waals surface area contributed by atoms with Crippen molar-refractivity contribution in [3.8, 4) is 17.2 Å². The molecule has 0 aromatic heterocycles. The van der Waals surface area contributed by atoms with E-state index < -0.39 is 5.97 Å². The van der Waals surface area contributed by atoms with Crippen molar-refractivity contribution < 1.29 is 28.5 Å². The van der Waals surface area contributed by atoms with Crippen LogP contribution in [0.15, 0.2) is 36.4 Å². The molecule has 0 aliphatic rings. The van der Waals surface area contributed by atoms with Crippen LogP contribution in [0.4, 0.5) is 5.69 Å². The van der Waals surface area contributed by atoms with Gasteiger partial charge in [-0.3, -0.25) is 4.79 Å². The third kappa shape index (κ3) is 9.34. The molecule has 7 heteroatoms. The first kappa shape index (κ1) is 31.7. The van der Waals surface area contributed by atoms with Crippen molar-refractivity contribution in [1.29, 1.82) is 0 Å². The van der Waals surface area contributed by atoms with Crippen LogP contribution in [0.25, 0.3) is 6.08 Å². The van der Waals surface area contributed by atoms with Crippen LogP contribution in [0.3, 0.4) is 0 Å². The summed E-state index contributed by atoms with van der Waals surface area (Å²) in [6, 6.07) is 9.50. The molecule has 2 rings (SSSR count). The quantitative estimate of drug-likeness (QED) is 0.154. The normalized spacial score (nSPS) is 12.2. The number of benzene rings is 2. The molecule has 39 heavy (non-hydrogen) atoms. The number of unbranched alkanes of at least 4 members (excludes halogenated alkanes) is 2. The summed E-state index contributed by atoms with van der Waals surface area (Å²) in [6.45, 7) is 10.6. The van der Waals surface area contributed by atoms with Gasteiger partial charge in [-0.1, -0.05) is 59.1 Å². The number of ether oxygens (including phenoxy) is 4. The van der Waals surface area contributed by atoms with Crippen molar-refractivity contribution in [3.05, 3.63) is 53.1 Å². The molecule has 1 amide bonds. The maximum Gasteiger partial charge on any atom is 0.330 e. The monoisotopic (exact) mass is 539 g/mol. The molecule has 2 aromatic carbocycles. The number of esters is 1. The lowest BCUT2D eigenvalue weighted by Gasteiger charge is -2.25. The van der Waals surface area contributed by atoms with Crippen LogP contribution in [-0.2, 0) is 19.7 Å². The lowest BCUT2D eigenvalue weighted by atomic mass is 9.84. The van der Waals surface area contributed by atoms with E-state index in [1.807, 2.05) is 30.3 Å². The van der Waals surface area contributed by atoms with Crippen LogP contribution in [-0.4, -0.2) is 39.8 Å². The maximum atomic E-state index is 13.6. The molecule has 1 N–H and O–H groups in total. The highest BCUT2D eigenvalue weighted by molar-refractivity contribution is 5.93. The number of amides is 1. The van der Waals surface area contributed by atoms with E-state index in [0.29, 0.717) is 23.9 Å². The van der Waals surface area contributed by atoms with Crippen molar-refractivity contribution in [3.63, 3.8) is 0 Å². The third-order valence-corrected chi connectivity index (χ3v) is 6.57. The second-order valence-electron chi connectivity index (χ2n) is 10.5. The van der Waals surface area contributed by atoms with E-state index in [4.69, 9.17) is 18.9 Å². The molecular weight excluding hydrogens is 494 g/mol. The van der Waals surface area contributed by atoms with Crippen molar-refractivity contribution in [2.45, 2.75) is 78.1 Å². The fraction of sp³-hybridized carbons (Fsp3) is 0.500. The van der Waals surface area contributed by atoms with Crippen molar-refractivity contribution in [2.24, 2.45) is 0 Å². The molecule has 0 bridgehead atoms. The first-order valence-electron chi connectivity index (χ1n) is 13.7. The van der Waals surface area contributed by atoms with Crippen LogP contribution in [0.1, 0.15) is 89.3 Å². The van der Waals surface area contributed by atoms with Crippen LogP contribution < -0.4 is 19.5 Å². The highest BCUT2D eigenvalue weighted by Crippen LogP contribution is 2.43. The van der Waals surface area contributed by atoms with Gasteiger partial charge in [0.2, 0.25) is 5.91 Å². The second kappa shape index (κ2) is 15.2. The zero-order valence-electron chi connectivity index (χ0n) is 24.8. The molecule has 7 nitrogen and oxygen atoms in total. The maximum absolute atomic E-state index is 13.6. The Morgan fingerprint density at radius 1 is 0.949 bits per heavy atom. The van der Waals surface area contributed by atoms with Crippen LogP contribution in [0.5, 0.6) is 17.2 Å². The van der Waals surface area contributed by atoms with Gasteiger partial charge in [0.25, 0.3) is 0 Å². The van der Waals surface area contributed by atoms with Crippen LogP contribution in [0.2, 0.25) is 0 Å². The highest BCUT2D eigenvalue weighted by Gasteiger charge is 2.26. The summed E-state index contributed by atoms with van der Waals surface area (Å²) in [5.41, 5.74) is 3.19. The number of carbonyl (C=O) groups is 2. The Labute approximate surface area is 233 Å². The van der Waals surface area contributed by atoms with E-state index in [0.717, 1.165) is 48.1 Å². The Bertz CT molecular complexity index is 1110. The number of rotatable bonds is 14. The number of hydrogen-bond donors (Lipinski definition) is 1. The summed E-state index contributed by atoms with van der Waals surface area (Å²) in [6.07, 6.45) is 7.30. The number of hydrogen-bond acceptors (Lipinski definition) is 6. The molecule has 0 saturated heterocycles. The lowest BCUT2D eigenvalue weighted by molar-refractivity contribution is -0.137. The van der Waals surface area contributed by atoms with Crippen molar-refractivity contribution in [2.75, 3.05) is 33.3 Å². The minimum atomic E-state index is -0.403. The Morgan fingerprint density at radius 2 is 1.62 bits per heavy atom. The summed E-state index contributed by atoms with van der Waals surface area (Å²) in [7, 11) is 4.83. The average Bonchev–Trinajstić information content (AvgIpc) is 2.90. The Hall–Kier alpha value is -3.48. The van der Waals surface area contributed by atoms with E-state index in [-0.39, 0.29) is 23.7 Å². The summed E-state index contributed by atoms with van der Waals surface area (Å²) < 4.78 is 21.9. The zero-order valence-corrected chi connectivity index (χ0v) is 24.8. The van der Waals surface area contributed by atoms with Gasteiger partial charge in [-0.05, 0) is 47.9 Å². The van der Waals surface area contributed by atoms with E-state index in [1.165, 1.54) is 6.08 Å². The molecule has 0 heterocycles. The predicted octanol–water partition coefficient (Wildman–Crippen LogP) is 7.28. The molecular formula is C32H45NO6. The lowest BCUT2D eigenvalue weighted by Crippen LogP contribution is -2.21. The molecule has 0 fully saturated rings. The summed E-state index contributed by atoms with van der Waals surface area (Å²) in [4.78, 5) is 25.4. The van der Waals surface area contributed by atoms with Gasteiger partial charge in [0.15, 0.2) is 0 Å². The van der Waals surface area contributed by atoms with Gasteiger partial charge in [0, 0.05) is 35.9 Å². The minimum Gasteiger partial charge on any atom is -0.496 e. The Morgan fingerprint density at radius 3 is 2.15 bits per heavy atom. The van der Waals surface area contributed by atoms with Gasteiger partial charge < -0.3 is 24.3 Å². The summed E-state index contributed by atoms with van der Waals surface area (Å²) in [5, 5.41) is 3.16. The van der Waals surface area contributed by atoms with Gasteiger partial charge in [-0.2, -0.15) is 0 Å². The average molecular weight is 540 g/mol. The largest absolute Gasteiger partial charge is 0.496 e. The number of carbonyl (C=O) groups excluding carboxylic acids is 2. The molecule has 214 valence electrons. The van der Waals surface area contributed by atoms with Crippen molar-refractivity contribution in [1.82, 2.24) is 0 Å². The van der Waals surface area contributed by atoms with E-state index in [1.54, 1.807) is 34.3 Å². The van der Waals surface area contributed by atoms with E-state index >= 15 is 0 Å². The number of methoxy groups -OCH3 is 3. The molecule has 1 atom stereocenters. The first-order chi connectivity index (χ1) is 18.6. The second-order valence-corrected chi connectivity index (χ2v) is 10.5. The van der Waals surface area contributed by atoms with Gasteiger partial charge in [0.05, 0.1) is 27.9 Å². The molecule has 1 unspecified atom stereocenters. The predicted molar refractivity (Wildman–Crippen MR) is 157 cm³/mol. The van der Waals surface area contributed by atoms with Gasteiger partial charge in [-0.25, -0.2) is 4.79 Å². The molecule has 0 saturated carbocycles. The number of nitrogens with one attached hydrogen (secondary N) is 1. The Kier molecular flexibility index (Phi) is 12.4. The molecule has 0 spiro atoms.